The molecule has 0 saturated heterocycles. The standard InChI is InChI=1S/C12H25N/c1-5-12(6-2)9-7-8-10-13-11(3)4/h7,9,11-13H,5-6,8,10H2,1-4H3. The number of allylic oxidation sites excluding steroid dienone is 1. The Morgan fingerprint density at radius 1 is 1.15 bits per heavy atom. The van der Waals surface area contributed by atoms with Crippen molar-refractivity contribution in [2.24, 2.45) is 5.92 Å². The van der Waals surface area contributed by atoms with Gasteiger partial charge in [-0.3, -0.25) is 0 Å². The molecule has 0 amide bonds. The minimum atomic E-state index is 0.613. The topological polar surface area (TPSA) is 12.0 Å². The molecule has 0 aromatic carbocycles. The molecule has 13 heavy (non-hydrogen) atoms. The molecule has 0 fully saturated rings. The molecular formula is C12H25N. The zero-order valence-corrected chi connectivity index (χ0v) is 9.64. The first kappa shape index (κ1) is 12.7. The lowest BCUT2D eigenvalue weighted by Gasteiger charge is -2.07. The van der Waals surface area contributed by atoms with E-state index in [0.717, 1.165) is 18.9 Å². The van der Waals surface area contributed by atoms with Gasteiger partial charge in [0.1, 0.15) is 0 Å². The summed E-state index contributed by atoms with van der Waals surface area (Å²) in [5.74, 6) is 0.791. The van der Waals surface area contributed by atoms with Gasteiger partial charge in [0.15, 0.2) is 0 Å². The van der Waals surface area contributed by atoms with Crippen LogP contribution in [0.3, 0.4) is 0 Å². The molecule has 0 aliphatic heterocycles. The highest BCUT2D eigenvalue weighted by Crippen LogP contribution is 2.08. The monoisotopic (exact) mass is 183 g/mol. The molecule has 0 bridgehead atoms. The van der Waals surface area contributed by atoms with E-state index in [2.05, 4.69) is 45.2 Å². The van der Waals surface area contributed by atoms with Gasteiger partial charge in [0.05, 0.1) is 0 Å². The van der Waals surface area contributed by atoms with E-state index in [1.54, 1.807) is 0 Å². The molecule has 1 N–H and O–H groups in total. The zero-order chi connectivity index (χ0) is 10.1. The first-order valence-electron chi connectivity index (χ1n) is 5.60. The second-order valence-electron chi connectivity index (χ2n) is 3.90. The molecule has 0 aliphatic rings. The van der Waals surface area contributed by atoms with Crippen molar-refractivity contribution in [2.45, 2.75) is 53.0 Å². The van der Waals surface area contributed by atoms with Crippen LogP contribution in [0.2, 0.25) is 0 Å². The number of nitrogens with one attached hydrogen (secondary N) is 1. The molecule has 0 unspecified atom stereocenters. The van der Waals surface area contributed by atoms with Gasteiger partial charge >= 0.3 is 0 Å². The predicted molar refractivity (Wildman–Crippen MR) is 61.0 cm³/mol. The third kappa shape index (κ3) is 8.04. The Balaban J connectivity index is 3.39. The summed E-state index contributed by atoms with van der Waals surface area (Å²) in [5.41, 5.74) is 0. The van der Waals surface area contributed by atoms with E-state index < -0.39 is 0 Å². The molecule has 78 valence electrons. The summed E-state index contributed by atoms with van der Waals surface area (Å²) in [6.45, 7) is 9.99. The van der Waals surface area contributed by atoms with Crippen molar-refractivity contribution in [3.63, 3.8) is 0 Å². The first-order chi connectivity index (χ1) is 6.20. The van der Waals surface area contributed by atoms with Crippen molar-refractivity contribution in [1.82, 2.24) is 5.32 Å². The van der Waals surface area contributed by atoms with E-state index in [9.17, 15) is 0 Å². The third-order valence-electron chi connectivity index (χ3n) is 2.32. The molecule has 1 nitrogen and oxygen atoms in total. The fraction of sp³-hybridized carbons (Fsp3) is 0.833. The quantitative estimate of drug-likeness (QED) is 0.471. The van der Waals surface area contributed by atoms with Crippen molar-refractivity contribution >= 4 is 0 Å². The summed E-state index contributed by atoms with van der Waals surface area (Å²) >= 11 is 0. The molecule has 0 rings (SSSR count). The van der Waals surface area contributed by atoms with Gasteiger partial charge in [-0.15, -0.1) is 0 Å². The van der Waals surface area contributed by atoms with Gasteiger partial charge in [-0.2, -0.15) is 0 Å². The van der Waals surface area contributed by atoms with Crippen LogP contribution in [0.5, 0.6) is 0 Å². The highest BCUT2D eigenvalue weighted by atomic mass is 14.9. The average molecular weight is 183 g/mol. The summed E-state index contributed by atoms with van der Waals surface area (Å²) in [6.07, 6.45) is 8.37. The molecule has 0 saturated carbocycles. The van der Waals surface area contributed by atoms with E-state index in [1.165, 1.54) is 12.8 Å². The Hall–Kier alpha value is -0.300. The van der Waals surface area contributed by atoms with Crippen LogP contribution in [0.4, 0.5) is 0 Å². The van der Waals surface area contributed by atoms with Crippen LogP contribution in [0.25, 0.3) is 0 Å². The molecular weight excluding hydrogens is 158 g/mol. The molecule has 0 aliphatic carbocycles. The minimum Gasteiger partial charge on any atom is -0.314 e. The Labute approximate surface area is 83.6 Å². The maximum atomic E-state index is 3.40. The Morgan fingerprint density at radius 2 is 1.77 bits per heavy atom. The van der Waals surface area contributed by atoms with Crippen LogP contribution < -0.4 is 5.32 Å². The van der Waals surface area contributed by atoms with Gasteiger partial charge in [0.2, 0.25) is 0 Å². The van der Waals surface area contributed by atoms with Gasteiger partial charge in [-0.1, -0.05) is 39.8 Å². The predicted octanol–water partition coefficient (Wildman–Crippen LogP) is 3.37. The van der Waals surface area contributed by atoms with E-state index in [-0.39, 0.29) is 0 Å². The van der Waals surface area contributed by atoms with E-state index in [1.807, 2.05) is 0 Å². The van der Waals surface area contributed by atoms with Gasteiger partial charge in [0, 0.05) is 6.04 Å². The smallest absolute Gasteiger partial charge is 0.00105 e. The van der Waals surface area contributed by atoms with Crippen molar-refractivity contribution in [2.75, 3.05) is 6.54 Å². The van der Waals surface area contributed by atoms with Crippen molar-refractivity contribution < 1.29 is 0 Å². The van der Waals surface area contributed by atoms with Crippen LogP contribution in [0.15, 0.2) is 12.2 Å². The molecule has 1 heteroatoms. The number of rotatable bonds is 7. The van der Waals surface area contributed by atoms with Gasteiger partial charge in [0.25, 0.3) is 0 Å². The molecule has 0 heterocycles. The van der Waals surface area contributed by atoms with E-state index in [0.29, 0.717) is 6.04 Å². The van der Waals surface area contributed by atoms with Gasteiger partial charge in [-0.05, 0) is 31.7 Å². The van der Waals surface area contributed by atoms with Crippen molar-refractivity contribution in [1.29, 1.82) is 0 Å². The van der Waals surface area contributed by atoms with Crippen LogP contribution in [-0.4, -0.2) is 12.6 Å². The average Bonchev–Trinajstić information content (AvgIpc) is 2.11. The summed E-state index contributed by atoms with van der Waals surface area (Å²) in [5, 5.41) is 3.40. The maximum absolute atomic E-state index is 3.40. The summed E-state index contributed by atoms with van der Waals surface area (Å²) in [7, 11) is 0. The first-order valence-corrected chi connectivity index (χ1v) is 5.60. The normalized spacial score (nSPS) is 12.2. The lowest BCUT2D eigenvalue weighted by atomic mass is 10.0. The summed E-state index contributed by atoms with van der Waals surface area (Å²) in [6, 6.07) is 0.613. The van der Waals surface area contributed by atoms with Crippen molar-refractivity contribution in [3.05, 3.63) is 12.2 Å². The Bertz CT molecular complexity index is 123. The summed E-state index contributed by atoms with van der Waals surface area (Å²) in [4.78, 5) is 0. The number of hydrogen-bond donors (Lipinski definition) is 1. The molecule has 0 radical (unpaired) electrons. The molecule has 0 aromatic rings. The highest BCUT2D eigenvalue weighted by molar-refractivity contribution is 4.87. The lowest BCUT2D eigenvalue weighted by molar-refractivity contribution is 0.585. The lowest BCUT2D eigenvalue weighted by Crippen LogP contribution is -2.23. The SMILES string of the molecule is CCC(C=CCCNC(C)C)CC. The number of hydrogen-bond acceptors (Lipinski definition) is 1. The fourth-order valence-electron chi connectivity index (χ4n) is 1.30. The largest absolute Gasteiger partial charge is 0.314 e. The molecule has 0 aromatic heterocycles. The van der Waals surface area contributed by atoms with Crippen LogP contribution >= 0.6 is 0 Å². The fourth-order valence-corrected chi connectivity index (χ4v) is 1.30. The minimum absolute atomic E-state index is 0.613. The maximum Gasteiger partial charge on any atom is 0.00105 e. The highest BCUT2D eigenvalue weighted by Gasteiger charge is 1.95. The van der Waals surface area contributed by atoms with Gasteiger partial charge < -0.3 is 5.32 Å². The van der Waals surface area contributed by atoms with Crippen LogP contribution in [0, 0.1) is 5.92 Å². The van der Waals surface area contributed by atoms with Crippen LogP contribution in [0.1, 0.15) is 47.0 Å². The summed E-state index contributed by atoms with van der Waals surface area (Å²) < 4.78 is 0. The Morgan fingerprint density at radius 3 is 2.23 bits per heavy atom. The second-order valence-corrected chi connectivity index (χ2v) is 3.90. The Kier molecular flexibility index (Phi) is 8.11. The third-order valence-corrected chi connectivity index (χ3v) is 2.32. The van der Waals surface area contributed by atoms with Gasteiger partial charge in [-0.25, -0.2) is 0 Å². The molecule has 0 spiro atoms. The van der Waals surface area contributed by atoms with Crippen molar-refractivity contribution in [3.8, 4) is 0 Å². The van der Waals surface area contributed by atoms with E-state index in [4.69, 9.17) is 0 Å². The second kappa shape index (κ2) is 8.31. The zero-order valence-electron chi connectivity index (χ0n) is 9.64. The van der Waals surface area contributed by atoms with Crippen LogP contribution in [-0.2, 0) is 0 Å². The van der Waals surface area contributed by atoms with E-state index >= 15 is 0 Å². The molecule has 0 atom stereocenters.